The molecular formula is C8H13N3O6. The molecule has 1 rings (SSSR count). The number of ether oxygens (including phenoxy) is 2. The number of carbonyl (C=O) groups is 1. The van der Waals surface area contributed by atoms with Crippen molar-refractivity contribution in [2.75, 3.05) is 6.61 Å². The van der Waals surface area contributed by atoms with Crippen LogP contribution in [0.5, 0.6) is 0 Å². The van der Waals surface area contributed by atoms with Crippen molar-refractivity contribution in [1.82, 2.24) is 0 Å². The van der Waals surface area contributed by atoms with Gasteiger partial charge in [-0.15, -0.1) is 0 Å². The van der Waals surface area contributed by atoms with Gasteiger partial charge in [-0.1, -0.05) is 5.11 Å². The van der Waals surface area contributed by atoms with E-state index in [-0.39, 0.29) is 6.61 Å². The van der Waals surface area contributed by atoms with Crippen LogP contribution in [0.4, 0.5) is 0 Å². The Bertz CT molecular complexity index is 331. The molecule has 9 heteroatoms. The molecule has 0 bridgehead atoms. The molecule has 0 spiro atoms. The van der Waals surface area contributed by atoms with E-state index in [1.54, 1.807) is 0 Å². The Balaban J connectivity index is 2.70. The Hall–Kier alpha value is -1.38. The molecule has 0 saturated carbocycles. The Morgan fingerprint density at radius 1 is 1.41 bits per heavy atom. The first-order chi connectivity index (χ1) is 7.97. The van der Waals surface area contributed by atoms with Crippen molar-refractivity contribution < 1.29 is 29.6 Å². The van der Waals surface area contributed by atoms with Gasteiger partial charge in [0, 0.05) is 11.8 Å². The lowest BCUT2D eigenvalue weighted by atomic mass is 9.99. The Kier molecular flexibility index (Phi) is 4.67. The number of hydrogen-bond acceptors (Lipinski definition) is 7. The minimum atomic E-state index is -1.54. The van der Waals surface area contributed by atoms with Crippen molar-refractivity contribution in [3.8, 4) is 0 Å². The van der Waals surface area contributed by atoms with Crippen LogP contribution in [0.2, 0.25) is 0 Å². The SMILES string of the molecule is CC(=O)OC[C@@H]1O[C@H](N=[N+]=[N-])[C@H](O)[C@H](O)[C@@H]1O. The number of hydrogen-bond donors (Lipinski definition) is 3. The van der Waals surface area contributed by atoms with E-state index in [0.29, 0.717) is 0 Å². The van der Waals surface area contributed by atoms with Gasteiger partial charge in [0.1, 0.15) is 31.0 Å². The molecule has 1 aliphatic rings. The number of aliphatic hydroxyl groups excluding tert-OH is 3. The minimum Gasteiger partial charge on any atom is -0.463 e. The van der Waals surface area contributed by atoms with E-state index in [2.05, 4.69) is 14.8 Å². The van der Waals surface area contributed by atoms with Gasteiger partial charge in [-0.05, 0) is 5.53 Å². The third-order valence-electron chi connectivity index (χ3n) is 2.30. The standard InChI is InChI=1S/C8H13N3O6/c1-3(12)16-2-4-5(13)6(14)7(15)8(17-4)10-11-9/h4-8,13-15H,2H2,1H3/t4-,5+,6+,7+,8-/m0/s1. The normalized spacial score (nSPS) is 37.1. The summed E-state index contributed by atoms with van der Waals surface area (Å²) in [5, 5.41) is 31.6. The first-order valence-corrected chi connectivity index (χ1v) is 4.84. The number of azide groups is 1. The van der Waals surface area contributed by atoms with Crippen LogP contribution in [0.1, 0.15) is 6.92 Å². The highest BCUT2D eigenvalue weighted by Crippen LogP contribution is 2.22. The number of carbonyl (C=O) groups excluding carboxylic acids is 1. The second-order valence-corrected chi connectivity index (χ2v) is 3.54. The van der Waals surface area contributed by atoms with Gasteiger partial charge in [-0.3, -0.25) is 4.79 Å². The molecule has 0 unspecified atom stereocenters. The Morgan fingerprint density at radius 3 is 2.59 bits per heavy atom. The van der Waals surface area contributed by atoms with Gasteiger partial charge in [-0.2, -0.15) is 0 Å². The summed E-state index contributed by atoms with van der Waals surface area (Å²) < 4.78 is 9.62. The molecule has 0 aromatic rings. The Morgan fingerprint density at radius 2 is 2.06 bits per heavy atom. The van der Waals surface area contributed by atoms with E-state index < -0.39 is 36.6 Å². The highest BCUT2D eigenvalue weighted by molar-refractivity contribution is 5.65. The first-order valence-electron chi connectivity index (χ1n) is 4.84. The fraction of sp³-hybridized carbons (Fsp3) is 0.875. The largest absolute Gasteiger partial charge is 0.463 e. The van der Waals surface area contributed by atoms with E-state index in [1.165, 1.54) is 6.92 Å². The van der Waals surface area contributed by atoms with E-state index in [9.17, 15) is 20.1 Å². The third kappa shape index (κ3) is 3.29. The topological polar surface area (TPSA) is 145 Å². The summed E-state index contributed by atoms with van der Waals surface area (Å²) in [5.74, 6) is -0.582. The van der Waals surface area contributed by atoms with Crippen LogP contribution in [0.3, 0.4) is 0 Å². The zero-order valence-corrected chi connectivity index (χ0v) is 9.00. The highest BCUT2D eigenvalue weighted by atomic mass is 16.6. The lowest BCUT2D eigenvalue weighted by molar-refractivity contribution is -0.229. The van der Waals surface area contributed by atoms with Gasteiger partial charge in [0.05, 0.1) is 0 Å². The van der Waals surface area contributed by atoms with Crippen molar-refractivity contribution in [2.24, 2.45) is 5.11 Å². The Labute approximate surface area is 96.2 Å². The van der Waals surface area contributed by atoms with Gasteiger partial charge in [0.15, 0.2) is 6.23 Å². The maximum Gasteiger partial charge on any atom is 0.302 e. The lowest BCUT2D eigenvalue weighted by Crippen LogP contribution is -2.58. The van der Waals surface area contributed by atoms with Crippen LogP contribution < -0.4 is 0 Å². The number of aliphatic hydroxyl groups is 3. The molecule has 5 atom stereocenters. The smallest absolute Gasteiger partial charge is 0.302 e. The van der Waals surface area contributed by atoms with E-state index >= 15 is 0 Å². The van der Waals surface area contributed by atoms with Crippen LogP contribution in [0, 0.1) is 0 Å². The van der Waals surface area contributed by atoms with Crippen molar-refractivity contribution in [3.05, 3.63) is 10.4 Å². The van der Waals surface area contributed by atoms with Crippen LogP contribution >= 0.6 is 0 Å². The predicted octanol–water partition coefficient (Wildman–Crippen LogP) is -1.33. The molecule has 1 aliphatic heterocycles. The summed E-state index contributed by atoms with van der Waals surface area (Å²) in [7, 11) is 0. The summed E-state index contributed by atoms with van der Waals surface area (Å²) in [6.45, 7) is 0.864. The molecule has 1 fully saturated rings. The summed E-state index contributed by atoms with van der Waals surface area (Å²) in [6.07, 6.45) is -6.91. The number of rotatable bonds is 3. The molecule has 96 valence electrons. The molecule has 1 heterocycles. The molecule has 17 heavy (non-hydrogen) atoms. The second-order valence-electron chi connectivity index (χ2n) is 3.54. The van der Waals surface area contributed by atoms with Gasteiger partial charge >= 0.3 is 5.97 Å². The summed E-state index contributed by atoms with van der Waals surface area (Å²) >= 11 is 0. The fourth-order valence-electron chi connectivity index (χ4n) is 1.41. The summed E-state index contributed by atoms with van der Waals surface area (Å²) in [4.78, 5) is 13.0. The molecule has 0 aromatic heterocycles. The maximum atomic E-state index is 10.6. The summed E-state index contributed by atoms with van der Waals surface area (Å²) in [5.41, 5.74) is 8.23. The van der Waals surface area contributed by atoms with Crippen LogP contribution in [0.15, 0.2) is 5.11 Å². The predicted molar refractivity (Wildman–Crippen MR) is 52.5 cm³/mol. The molecule has 0 aromatic carbocycles. The van der Waals surface area contributed by atoms with Crippen LogP contribution in [-0.4, -0.2) is 58.5 Å². The molecule has 9 nitrogen and oxygen atoms in total. The molecular weight excluding hydrogens is 234 g/mol. The third-order valence-corrected chi connectivity index (χ3v) is 2.30. The van der Waals surface area contributed by atoms with E-state index in [0.717, 1.165) is 0 Å². The highest BCUT2D eigenvalue weighted by Gasteiger charge is 2.43. The monoisotopic (exact) mass is 247 g/mol. The first kappa shape index (κ1) is 13.7. The zero-order chi connectivity index (χ0) is 13.0. The van der Waals surface area contributed by atoms with E-state index in [1.807, 2.05) is 0 Å². The zero-order valence-electron chi connectivity index (χ0n) is 9.00. The molecule has 3 N–H and O–H groups in total. The quantitative estimate of drug-likeness (QED) is 0.244. The van der Waals surface area contributed by atoms with Gasteiger partial charge < -0.3 is 24.8 Å². The molecule has 0 amide bonds. The fourth-order valence-corrected chi connectivity index (χ4v) is 1.41. The number of esters is 1. The summed E-state index contributed by atoms with van der Waals surface area (Å²) in [6, 6.07) is 0. The second kappa shape index (κ2) is 5.80. The molecule has 0 radical (unpaired) electrons. The van der Waals surface area contributed by atoms with Gasteiger partial charge in [0.2, 0.25) is 0 Å². The maximum absolute atomic E-state index is 10.6. The average Bonchev–Trinajstić information content (AvgIpc) is 2.28. The van der Waals surface area contributed by atoms with Gasteiger partial charge in [0.25, 0.3) is 0 Å². The lowest BCUT2D eigenvalue weighted by Gasteiger charge is -2.38. The number of nitrogens with zero attached hydrogens (tertiary/aromatic N) is 3. The van der Waals surface area contributed by atoms with Crippen LogP contribution in [0.25, 0.3) is 10.4 Å². The van der Waals surface area contributed by atoms with Crippen molar-refractivity contribution in [2.45, 2.75) is 37.6 Å². The molecule has 1 saturated heterocycles. The van der Waals surface area contributed by atoms with Crippen molar-refractivity contribution in [1.29, 1.82) is 0 Å². The van der Waals surface area contributed by atoms with Gasteiger partial charge in [-0.25, -0.2) is 0 Å². The minimum absolute atomic E-state index is 0.308. The van der Waals surface area contributed by atoms with E-state index in [4.69, 9.17) is 10.3 Å². The van der Waals surface area contributed by atoms with Crippen molar-refractivity contribution in [3.63, 3.8) is 0 Å². The molecule has 0 aliphatic carbocycles. The average molecular weight is 247 g/mol. The van der Waals surface area contributed by atoms with Crippen molar-refractivity contribution >= 4 is 5.97 Å². The van der Waals surface area contributed by atoms with Crippen LogP contribution in [-0.2, 0) is 14.3 Å².